The lowest BCUT2D eigenvalue weighted by atomic mass is 9.85. The van der Waals surface area contributed by atoms with Crippen LogP contribution in [0.25, 0.3) is 0 Å². The Labute approximate surface area is 151 Å². The number of rotatable bonds is 6. The standard InChI is InChI=1S/C20H20N2O4/c23-16-12-11-15(21-16)19(24)22-18(20(25)26)17(13-7-3-1-4-8-13)14-9-5-2-6-10-14/h1-10,15,17-18H,11-12H2,(H,21,23)(H,22,24)(H,25,26)/t15-,18+/m1/s1. The maximum Gasteiger partial charge on any atom is 0.327 e. The molecule has 26 heavy (non-hydrogen) atoms. The third kappa shape index (κ3) is 3.91. The van der Waals surface area contributed by atoms with Gasteiger partial charge in [-0.3, -0.25) is 9.59 Å². The molecule has 134 valence electrons. The number of carboxylic acids is 1. The van der Waals surface area contributed by atoms with Gasteiger partial charge in [0.2, 0.25) is 11.8 Å². The first-order valence-electron chi connectivity index (χ1n) is 8.48. The van der Waals surface area contributed by atoms with E-state index in [1.54, 1.807) is 0 Å². The number of benzene rings is 2. The maximum atomic E-state index is 12.5. The van der Waals surface area contributed by atoms with Gasteiger partial charge in [0.25, 0.3) is 0 Å². The maximum absolute atomic E-state index is 12.5. The van der Waals surface area contributed by atoms with Gasteiger partial charge in [-0.15, -0.1) is 0 Å². The fourth-order valence-corrected chi connectivity index (χ4v) is 3.25. The van der Waals surface area contributed by atoms with Crippen molar-refractivity contribution >= 4 is 17.8 Å². The minimum atomic E-state index is -1.15. The van der Waals surface area contributed by atoms with Crippen molar-refractivity contribution in [3.05, 3.63) is 71.8 Å². The SMILES string of the molecule is O=C1CC[C@H](C(=O)N[C@H](C(=O)O)C(c2ccccc2)c2ccccc2)N1. The van der Waals surface area contributed by atoms with Gasteiger partial charge in [-0.25, -0.2) is 4.79 Å². The van der Waals surface area contributed by atoms with Crippen molar-refractivity contribution in [2.24, 2.45) is 0 Å². The molecular weight excluding hydrogens is 332 g/mol. The van der Waals surface area contributed by atoms with Crippen LogP contribution in [-0.2, 0) is 14.4 Å². The van der Waals surface area contributed by atoms with Crippen LogP contribution < -0.4 is 10.6 Å². The lowest BCUT2D eigenvalue weighted by Gasteiger charge is -2.27. The number of hydrogen-bond acceptors (Lipinski definition) is 3. The highest BCUT2D eigenvalue weighted by Gasteiger charge is 2.35. The molecule has 1 saturated heterocycles. The summed E-state index contributed by atoms with van der Waals surface area (Å²) in [5, 5.41) is 15.0. The molecule has 3 N–H and O–H groups in total. The second kappa shape index (κ2) is 7.82. The van der Waals surface area contributed by atoms with Gasteiger partial charge in [0.15, 0.2) is 0 Å². The average Bonchev–Trinajstić information content (AvgIpc) is 3.09. The smallest absolute Gasteiger partial charge is 0.327 e. The number of carboxylic acid groups (broad SMARTS) is 1. The monoisotopic (exact) mass is 352 g/mol. The molecule has 1 aliphatic rings. The number of nitrogens with one attached hydrogen (secondary N) is 2. The molecule has 1 fully saturated rings. The van der Waals surface area contributed by atoms with Gasteiger partial charge >= 0.3 is 5.97 Å². The minimum Gasteiger partial charge on any atom is -0.480 e. The van der Waals surface area contributed by atoms with E-state index in [1.807, 2.05) is 60.7 Å². The second-order valence-electron chi connectivity index (χ2n) is 6.28. The molecule has 1 aliphatic heterocycles. The fraction of sp³-hybridized carbons (Fsp3) is 0.250. The third-order valence-electron chi connectivity index (χ3n) is 4.53. The van der Waals surface area contributed by atoms with Crippen molar-refractivity contribution in [2.45, 2.75) is 30.8 Å². The molecule has 0 radical (unpaired) electrons. The van der Waals surface area contributed by atoms with E-state index in [4.69, 9.17) is 0 Å². The van der Waals surface area contributed by atoms with Gasteiger partial charge < -0.3 is 15.7 Å². The molecule has 2 aromatic carbocycles. The van der Waals surface area contributed by atoms with Crippen molar-refractivity contribution in [1.82, 2.24) is 10.6 Å². The van der Waals surface area contributed by atoms with Crippen LogP contribution >= 0.6 is 0 Å². The molecule has 0 aliphatic carbocycles. The van der Waals surface area contributed by atoms with E-state index in [9.17, 15) is 19.5 Å². The summed E-state index contributed by atoms with van der Waals surface area (Å²) in [6.45, 7) is 0. The van der Waals surface area contributed by atoms with Crippen molar-refractivity contribution in [1.29, 1.82) is 0 Å². The number of aliphatic carboxylic acids is 1. The van der Waals surface area contributed by atoms with Crippen molar-refractivity contribution in [3.8, 4) is 0 Å². The van der Waals surface area contributed by atoms with Gasteiger partial charge in [-0.1, -0.05) is 60.7 Å². The molecule has 0 unspecified atom stereocenters. The Kier molecular flexibility index (Phi) is 5.31. The predicted molar refractivity (Wildman–Crippen MR) is 95.5 cm³/mol. The third-order valence-corrected chi connectivity index (χ3v) is 4.53. The Morgan fingerprint density at radius 3 is 1.96 bits per heavy atom. The average molecular weight is 352 g/mol. The highest BCUT2D eigenvalue weighted by molar-refractivity contribution is 5.93. The molecule has 3 rings (SSSR count). The normalized spacial score (nSPS) is 17.6. The van der Waals surface area contributed by atoms with E-state index >= 15 is 0 Å². The molecule has 1 heterocycles. The minimum absolute atomic E-state index is 0.195. The van der Waals surface area contributed by atoms with Crippen LogP contribution in [0.4, 0.5) is 0 Å². The van der Waals surface area contributed by atoms with Crippen LogP contribution in [0, 0.1) is 0 Å². The Morgan fingerprint density at radius 2 is 1.54 bits per heavy atom. The van der Waals surface area contributed by atoms with Crippen LogP contribution in [-0.4, -0.2) is 35.0 Å². The van der Waals surface area contributed by atoms with E-state index in [2.05, 4.69) is 10.6 Å². The van der Waals surface area contributed by atoms with Crippen LogP contribution in [0.2, 0.25) is 0 Å². The molecule has 6 nitrogen and oxygen atoms in total. The van der Waals surface area contributed by atoms with Crippen LogP contribution in [0.15, 0.2) is 60.7 Å². The van der Waals surface area contributed by atoms with E-state index in [-0.39, 0.29) is 12.3 Å². The first kappa shape index (κ1) is 17.7. The molecule has 2 aromatic rings. The Bertz CT molecular complexity index is 752. The summed E-state index contributed by atoms with van der Waals surface area (Å²) in [6, 6.07) is 16.6. The summed E-state index contributed by atoms with van der Waals surface area (Å²) >= 11 is 0. The molecule has 2 atom stereocenters. The Morgan fingerprint density at radius 1 is 1.00 bits per heavy atom. The molecule has 2 amide bonds. The number of carbonyl (C=O) groups excluding carboxylic acids is 2. The van der Waals surface area contributed by atoms with Crippen molar-refractivity contribution < 1.29 is 19.5 Å². The zero-order valence-corrected chi connectivity index (χ0v) is 14.1. The molecule has 6 heteroatoms. The van der Waals surface area contributed by atoms with E-state index in [1.165, 1.54) is 0 Å². The summed E-state index contributed by atoms with van der Waals surface area (Å²) in [7, 11) is 0. The van der Waals surface area contributed by atoms with Gasteiger partial charge in [-0.05, 0) is 17.5 Å². The van der Waals surface area contributed by atoms with Gasteiger partial charge in [-0.2, -0.15) is 0 Å². The molecule has 0 bridgehead atoms. The first-order valence-corrected chi connectivity index (χ1v) is 8.48. The number of amides is 2. The van der Waals surface area contributed by atoms with E-state index in [0.717, 1.165) is 11.1 Å². The van der Waals surface area contributed by atoms with E-state index < -0.39 is 29.9 Å². The summed E-state index contributed by atoms with van der Waals surface area (Å²) in [4.78, 5) is 35.8. The lowest BCUT2D eigenvalue weighted by molar-refractivity contribution is -0.142. The summed E-state index contributed by atoms with van der Waals surface area (Å²) < 4.78 is 0. The van der Waals surface area contributed by atoms with Crippen LogP contribution in [0.5, 0.6) is 0 Å². The van der Waals surface area contributed by atoms with Crippen molar-refractivity contribution in [3.63, 3.8) is 0 Å². The number of carbonyl (C=O) groups is 3. The van der Waals surface area contributed by atoms with Crippen LogP contribution in [0.1, 0.15) is 29.9 Å². The fourth-order valence-electron chi connectivity index (χ4n) is 3.25. The summed E-state index contributed by atoms with van der Waals surface area (Å²) in [5.74, 6) is -2.34. The van der Waals surface area contributed by atoms with Gasteiger partial charge in [0.05, 0.1) is 0 Å². The van der Waals surface area contributed by atoms with Gasteiger partial charge in [0.1, 0.15) is 12.1 Å². The zero-order valence-electron chi connectivity index (χ0n) is 14.1. The second-order valence-corrected chi connectivity index (χ2v) is 6.28. The Hall–Kier alpha value is -3.15. The van der Waals surface area contributed by atoms with Crippen molar-refractivity contribution in [2.75, 3.05) is 0 Å². The number of hydrogen-bond donors (Lipinski definition) is 3. The zero-order chi connectivity index (χ0) is 18.5. The topological polar surface area (TPSA) is 95.5 Å². The molecule has 0 spiro atoms. The summed E-state index contributed by atoms with van der Waals surface area (Å²) in [6.07, 6.45) is 0.648. The first-order chi connectivity index (χ1) is 12.6. The highest BCUT2D eigenvalue weighted by atomic mass is 16.4. The molecular formula is C20H20N2O4. The predicted octanol–water partition coefficient (Wildman–Crippen LogP) is 1.67. The lowest BCUT2D eigenvalue weighted by Crippen LogP contribution is -2.51. The molecule has 0 aromatic heterocycles. The quantitative estimate of drug-likeness (QED) is 0.737. The van der Waals surface area contributed by atoms with E-state index in [0.29, 0.717) is 6.42 Å². The largest absolute Gasteiger partial charge is 0.480 e. The summed E-state index contributed by atoms with van der Waals surface area (Å²) in [5.41, 5.74) is 1.59. The highest BCUT2D eigenvalue weighted by Crippen LogP contribution is 2.28. The Balaban J connectivity index is 1.92. The van der Waals surface area contributed by atoms with Crippen LogP contribution in [0.3, 0.4) is 0 Å². The molecule has 0 saturated carbocycles. The van der Waals surface area contributed by atoms with Gasteiger partial charge in [0, 0.05) is 12.3 Å².